The molecule has 5 rings (SSSR count). The number of benzene rings is 1. The van der Waals surface area contributed by atoms with Crippen molar-refractivity contribution >= 4 is 5.91 Å². The first-order valence-electron chi connectivity index (χ1n) is 11.4. The fraction of sp³-hybridized carbons (Fsp3) is 0.400. The molecule has 10 heteroatoms. The van der Waals surface area contributed by atoms with Crippen molar-refractivity contribution in [3.8, 4) is 17.2 Å². The van der Waals surface area contributed by atoms with E-state index in [1.54, 1.807) is 12.4 Å². The Labute approximate surface area is 200 Å². The molecule has 1 aromatic carbocycles. The molecule has 2 aliphatic rings. The van der Waals surface area contributed by atoms with Gasteiger partial charge >= 0.3 is 0 Å². The summed E-state index contributed by atoms with van der Waals surface area (Å²) in [6.07, 6.45) is 3.07. The van der Waals surface area contributed by atoms with Crippen molar-refractivity contribution in [1.82, 2.24) is 19.7 Å². The van der Waals surface area contributed by atoms with Crippen molar-refractivity contribution in [3.05, 3.63) is 64.5 Å². The Morgan fingerprint density at radius 1 is 1.37 bits per heavy atom. The van der Waals surface area contributed by atoms with Gasteiger partial charge < -0.3 is 15.4 Å². The Morgan fingerprint density at radius 2 is 2.14 bits per heavy atom. The molecule has 2 aliphatic carbocycles. The number of aliphatic hydroxyl groups is 1. The van der Waals surface area contributed by atoms with E-state index in [9.17, 15) is 18.7 Å². The van der Waals surface area contributed by atoms with Crippen LogP contribution in [0.15, 0.2) is 30.6 Å². The fourth-order valence-corrected chi connectivity index (χ4v) is 5.74. The third-order valence-corrected chi connectivity index (χ3v) is 7.34. The molecule has 2 heterocycles. The zero-order chi connectivity index (χ0) is 25.0. The first-order valence-corrected chi connectivity index (χ1v) is 11.4. The van der Waals surface area contributed by atoms with Gasteiger partial charge in [-0.05, 0) is 47.4 Å². The molecule has 0 bridgehead atoms. The Balaban J connectivity index is 1.69. The van der Waals surface area contributed by atoms with Crippen LogP contribution in [-0.4, -0.2) is 30.8 Å². The molecule has 2 aromatic heterocycles. The molecule has 1 saturated carbocycles. The molecule has 0 radical (unpaired) electrons. The second-order valence-corrected chi connectivity index (χ2v) is 9.43. The summed E-state index contributed by atoms with van der Waals surface area (Å²) in [5.41, 5.74) is 6.57. The summed E-state index contributed by atoms with van der Waals surface area (Å²) < 4.78 is 30.8. The van der Waals surface area contributed by atoms with Crippen LogP contribution in [0.2, 0.25) is 0 Å². The minimum atomic E-state index is -3.18. The van der Waals surface area contributed by atoms with Crippen LogP contribution < -0.4 is 5.73 Å². The Kier molecular flexibility index (Phi) is 5.40. The number of hydrogen-bond donors (Lipinski definition) is 2. The van der Waals surface area contributed by atoms with Crippen LogP contribution in [-0.2, 0) is 31.4 Å². The van der Waals surface area contributed by atoms with Crippen molar-refractivity contribution in [2.75, 3.05) is 0 Å². The average molecular weight is 479 g/mol. The molecule has 3 aromatic rings. The average Bonchev–Trinajstić information content (AvgIpc) is 3.37. The molecular weight excluding hydrogens is 454 g/mol. The van der Waals surface area contributed by atoms with Crippen molar-refractivity contribution in [2.24, 2.45) is 18.7 Å². The monoisotopic (exact) mass is 478 g/mol. The van der Waals surface area contributed by atoms with Gasteiger partial charge in [-0.2, -0.15) is 14.0 Å². The number of hydrogen-bond acceptors (Lipinski definition) is 6. The molecule has 0 unspecified atom stereocenters. The lowest BCUT2D eigenvalue weighted by molar-refractivity contribution is -0.00601. The molecule has 1 amide bonds. The number of primary amides is 1. The number of amides is 1. The van der Waals surface area contributed by atoms with Crippen LogP contribution in [0.5, 0.6) is 0 Å². The fourth-order valence-electron chi connectivity index (χ4n) is 5.74. The Bertz CT molecular complexity index is 1370. The standard InChI is InChI=1S/C25H24F2N6O2/c1-33-13-30-32-23(33)24(10-14(11-24)6-8-28)16-4-2-3-15(9-16)19-18(12-34)17-5-7-25(26,27)21(17)31-20(19)22(29)35/h2-4,9,13-14,34H,5-7,10-12H2,1H3,(H2,29,35). The molecule has 3 N–H and O–H groups in total. The molecule has 180 valence electrons. The topological polar surface area (TPSA) is 131 Å². The molecular formula is C25H24F2N6O2. The number of alkyl halides is 2. The summed E-state index contributed by atoms with van der Waals surface area (Å²) in [6, 6.07) is 9.61. The van der Waals surface area contributed by atoms with Crippen molar-refractivity contribution < 1.29 is 18.7 Å². The smallest absolute Gasteiger partial charge is 0.290 e. The van der Waals surface area contributed by atoms with E-state index < -0.39 is 36.0 Å². The number of carbonyl (C=O) groups excluding carboxylic acids is 1. The second-order valence-electron chi connectivity index (χ2n) is 9.43. The Morgan fingerprint density at radius 3 is 2.77 bits per heavy atom. The van der Waals surface area contributed by atoms with Crippen LogP contribution in [0.3, 0.4) is 0 Å². The maximum absolute atomic E-state index is 14.5. The lowest BCUT2D eigenvalue weighted by Crippen LogP contribution is -2.44. The molecule has 0 spiro atoms. The maximum Gasteiger partial charge on any atom is 0.290 e. The van der Waals surface area contributed by atoms with Gasteiger partial charge in [0.2, 0.25) is 0 Å². The van der Waals surface area contributed by atoms with E-state index in [1.807, 2.05) is 29.8 Å². The van der Waals surface area contributed by atoms with Crippen LogP contribution in [0.25, 0.3) is 11.1 Å². The van der Waals surface area contributed by atoms with Gasteiger partial charge in [0, 0.05) is 25.5 Å². The third-order valence-electron chi connectivity index (χ3n) is 7.34. The van der Waals surface area contributed by atoms with Gasteiger partial charge in [0.15, 0.2) is 0 Å². The highest BCUT2D eigenvalue weighted by atomic mass is 19.3. The number of nitriles is 1. The summed E-state index contributed by atoms with van der Waals surface area (Å²) in [5, 5.41) is 27.8. The number of aromatic nitrogens is 4. The summed E-state index contributed by atoms with van der Waals surface area (Å²) in [7, 11) is 1.86. The van der Waals surface area contributed by atoms with Crippen molar-refractivity contribution in [3.63, 3.8) is 0 Å². The maximum atomic E-state index is 14.5. The molecule has 1 fully saturated rings. The van der Waals surface area contributed by atoms with Gasteiger partial charge in [-0.1, -0.05) is 24.3 Å². The predicted octanol–water partition coefficient (Wildman–Crippen LogP) is 3.12. The summed E-state index contributed by atoms with van der Waals surface area (Å²) in [5.74, 6) is -3.15. The number of nitrogens with two attached hydrogens (primary N) is 1. The second kappa shape index (κ2) is 8.20. The number of aliphatic hydroxyl groups excluding tert-OH is 1. The van der Waals surface area contributed by atoms with Crippen LogP contribution in [0, 0.1) is 17.2 Å². The number of nitrogens with zero attached hydrogens (tertiary/aromatic N) is 5. The number of pyridine rings is 1. The zero-order valence-corrected chi connectivity index (χ0v) is 19.1. The van der Waals surface area contributed by atoms with Gasteiger partial charge in [-0.15, -0.1) is 10.2 Å². The van der Waals surface area contributed by atoms with E-state index in [0.717, 1.165) is 11.4 Å². The zero-order valence-electron chi connectivity index (χ0n) is 19.1. The summed E-state index contributed by atoms with van der Waals surface area (Å²) in [6.45, 7) is -0.528. The van der Waals surface area contributed by atoms with Crippen molar-refractivity contribution in [1.29, 1.82) is 5.26 Å². The molecule has 0 aliphatic heterocycles. The van der Waals surface area contributed by atoms with E-state index in [1.165, 1.54) is 0 Å². The first-order chi connectivity index (χ1) is 16.7. The third kappa shape index (κ3) is 3.49. The minimum Gasteiger partial charge on any atom is -0.392 e. The predicted molar refractivity (Wildman–Crippen MR) is 121 cm³/mol. The number of rotatable bonds is 6. The highest BCUT2D eigenvalue weighted by Gasteiger charge is 2.50. The van der Waals surface area contributed by atoms with Crippen LogP contribution >= 0.6 is 0 Å². The minimum absolute atomic E-state index is 0.0513. The molecule has 0 saturated heterocycles. The van der Waals surface area contributed by atoms with E-state index in [4.69, 9.17) is 11.0 Å². The molecule has 35 heavy (non-hydrogen) atoms. The number of aryl methyl sites for hydroxylation is 1. The SMILES string of the molecule is Cn1cnnc1C1(c2cccc(-c3c(C(N)=O)nc4c(c3CO)CCC4(F)F)c2)CC(CC#N)C1. The summed E-state index contributed by atoms with van der Waals surface area (Å²) in [4.78, 5) is 16.4. The van der Waals surface area contributed by atoms with E-state index in [-0.39, 0.29) is 34.7 Å². The van der Waals surface area contributed by atoms with E-state index in [0.29, 0.717) is 24.8 Å². The normalized spacial score (nSPS) is 22.3. The van der Waals surface area contributed by atoms with E-state index >= 15 is 0 Å². The van der Waals surface area contributed by atoms with Crippen molar-refractivity contribution in [2.45, 2.75) is 50.0 Å². The van der Waals surface area contributed by atoms with E-state index in [2.05, 4.69) is 21.3 Å². The van der Waals surface area contributed by atoms with Gasteiger partial charge in [0.1, 0.15) is 23.5 Å². The quantitative estimate of drug-likeness (QED) is 0.560. The van der Waals surface area contributed by atoms with Gasteiger partial charge in [0.05, 0.1) is 18.1 Å². The number of carbonyl (C=O) groups is 1. The lowest BCUT2D eigenvalue weighted by Gasteiger charge is -2.46. The highest BCUT2D eigenvalue weighted by molar-refractivity contribution is 5.99. The van der Waals surface area contributed by atoms with Crippen LogP contribution in [0.4, 0.5) is 8.78 Å². The molecule has 8 nitrogen and oxygen atoms in total. The lowest BCUT2D eigenvalue weighted by atomic mass is 9.57. The molecule has 0 atom stereocenters. The number of fused-ring (bicyclic) bond motifs is 1. The van der Waals surface area contributed by atoms with Gasteiger partial charge in [-0.25, -0.2) is 4.98 Å². The van der Waals surface area contributed by atoms with Crippen LogP contribution in [0.1, 0.15) is 64.4 Å². The largest absolute Gasteiger partial charge is 0.392 e. The first kappa shape index (κ1) is 23.1. The Hall–Kier alpha value is -3.71. The van der Waals surface area contributed by atoms with Gasteiger partial charge in [-0.3, -0.25) is 4.79 Å². The summed E-state index contributed by atoms with van der Waals surface area (Å²) >= 11 is 0. The number of halogens is 2. The van der Waals surface area contributed by atoms with Gasteiger partial charge in [0.25, 0.3) is 11.8 Å². The highest BCUT2D eigenvalue weighted by Crippen LogP contribution is 2.53.